The number of carbonyl (C=O) groups is 3. The number of ether oxygens (including phenoxy) is 1. The van der Waals surface area contributed by atoms with Gasteiger partial charge >= 0.3 is 6.09 Å². The van der Waals surface area contributed by atoms with Gasteiger partial charge in [0.2, 0.25) is 5.91 Å². The number of likely N-dealkylation sites (N-methyl/N-ethyl adjacent to an activating group) is 1. The van der Waals surface area contributed by atoms with Crippen LogP contribution in [-0.2, 0) is 24.2 Å². The maximum atomic E-state index is 12.3. The van der Waals surface area contributed by atoms with E-state index in [4.69, 9.17) is 4.74 Å². The van der Waals surface area contributed by atoms with Gasteiger partial charge < -0.3 is 15.0 Å². The number of hydrogen-bond acceptors (Lipinski definition) is 7. The second-order valence-electron chi connectivity index (χ2n) is 8.00. The van der Waals surface area contributed by atoms with Crippen LogP contribution in [0.4, 0.5) is 4.79 Å². The van der Waals surface area contributed by atoms with E-state index < -0.39 is 33.5 Å². The summed E-state index contributed by atoms with van der Waals surface area (Å²) in [7, 11) is -1.60. The number of nitrogens with one attached hydrogen (secondary N) is 1. The van der Waals surface area contributed by atoms with Crippen molar-refractivity contribution in [3.8, 4) is 0 Å². The van der Waals surface area contributed by atoms with Gasteiger partial charge in [0.15, 0.2) is 9.84 Å². The molecule has 1 atom stereocenters. The average Bonchev–Trinajstić information content (AvgIpc) is 2.93. The SMILES string of the molecule is CN(CCNC(=O)C1=NN(C2CCS(=O)(=O)C2)C(=O)CC1)C(=O)OC(C)(C)C. The van der Waals surface area contributed by atoms with Gasteiger partial charge in [0, 0.05) is 33.0 Å². The Bertz CT molecular complexity index is 771. The lowest BCUT2D eigenvalue weighted by Gasteiger charge is -2.27. The Hall–Kier alpha value is -2.17. The zero-order valence-electron chi connectivity index (χ0n) is 16.7. The van der Waals surface area contributed by atoms with Crippen molar-refractivity contribution in [3.05, 3.63) is 0 Å². The molecule has 0 aromatic rings. The van der Waals surface area contributed by atoms with Gasteiger partial charge in [0.05, 0.1) is 17.5 Å². The molecule has 1 saturated heterocycles. The molecule has 28 heavy (non-hydrogen) atoms. The van der Waals surface area contributed by atoms with Crippen LogP contribution >= 0.6 is 0 Å². The Labute approximate surface area is 165 Å². The molecular weight excluding hydrogens is 388 g/mol. The van der Waals surface area contributed by atoms with Crippen LogP contribution in [0.2, 0.25) is 0 Å². The van der Waals surface area contributed by atoms with Crippen molar-refractivity contribution < 1.29 is 27.5 Å². The van der Waals surface area contributed by atoms with Crippen LogP contribution in [0.5, 0.6) is 0 Å². The van der Waals surface area contributed by atoms with Crippen molar-refractivity contribution in [2.24, 2.45) is 5.10 Å². The molecule has 3 amide bonds. The van der Waals surface area contributed by atoms with Crippen LogP contribution in [0, 0.1) is 0 Å². The highest BCUT2D eigenvalue weighted by Gasteiger charge is 2.37. The third kappa shape index (κ3) is 6.18. The van der Waals surface area contributed by atoms with Gasteiger partial charge in [-0.15, -0.1) is 0 Å². The Kier molecular flexibility index (Phi) is 6.68. The van der Waals surface area contributed by atoms with E-state index in [1.165, 1.54) is 4.90 Å². The highest BCUT2D eigenvalue weighted by Crippen LogP contribution is 2.22. The molecule has 0 spiro atoms. The number of amides is 3. The van der Waals surface area contributed by atoms with Crippen molar-refractivity contribution in [2.75, 3.05) is 31.6 Å². The molecule has 0 bridgehead atoms. The molecule has 11 heteroatoms. The molecule has 2 rings (SSSR count). The Morgan fingerprint density at radius 3 is 2.57 bits per heavy atom. The van der Waals surface area contributed by atoms with E-state index in [1.54, 1.807) is 27.8 Å². The minimum Gasteiger partial charge on any atom is -0.444 e. The second kappa shape index (κ2) is 8.46. The molecule has 0 saturated carbocycles. The summed E-state index contributed by atoms with van der Waals surface area (Å²) in [5.74, 6) is -0.813. The molecular formula is C17H28N4O6S. The van der Waals surface area contributed by atoms with E-state index in [0.717, 1.165) is 5.01 Å². The third-order valence-corrected chi connectivity index (χ3v) is 6.06. The summed E-state index contributed by atoms with van der Waals surface area (Å²) >= 11 is 0. The molecule has 0 radical (unpaired) electrons. The van der Waals surface area contributed by atoms with Gasteiger partial charge in [-0.3, -0.25) is 9.59 Å². The molecule has 2 aliphatic rings. The Balaban J connectivity index is 1.88. The average molecular weight is 417 g/mol. The summed E-state index contributed by atoms with van der Waals surface area (Å²) < 4.78 is 28.5. The predicted octanol–water partition coefficient (Wildman–Crippen LogP) is 0.135. The van der Waals surface area contributed by atoms with Crippen molar-refractivity contribution in [1.29, 1.82) is 0 Å². The van der Waals surface area contributed by atoms with Crippen LogP contribution in [0.1, 0.15) is 40.0 Å². The minimum absolute atomic E-state index is 0.0233. The van der Waals surface area contributed by atoms with E-state index in [1.807, 2.05) is 0 Å². The van der Waals surface area contributed by atoms with Gasteiger partial charge in [0.25, 0.3) is 5.91 Å². The monoisotopic (exact) mass is 416 g/mol. The van der Waals surface area contributed by atoms with E-state index in [2.05, 4.69) is 10.4 Å². The number of nitrogens with zero attached hydrogens (tertiary/aromatic N) is 3. The minimum atomic E-state index is -3.16. The number of sulfone groups is 1. The van der Waals surface area contributed by atoms with Crippen LogP contribution in [0.3, 0.4) is 0 Å². The standard InChI is InChI=1S/C17H28N4O6S/c1-17(2,3)27-16(24)20(4)9-8-18-15(23)13-5-6-14(22)21(19-13)12-7-10-28(25,26)11-12/h12H,5-11H2,1-4H3,(H,18,23). The zero-order valence-corrected chi connectivity index (χ0v) is 17.5. The van der Waals surface area contributed by atoms with E-state index >= 15 is 0 Å². The first-order chi connectivity index (χ1) is 12.9. The fourth-order valence-corrected chi connectivity index (χ4v) is 4.55. The number of carbonyl (C=O) groups excluding carboxylic acids is 3. The van der Waals surface area contributed by atoms with Gasteiger partial charge in [-0.2, -0.15) is 5.10 Å². The van der Waals surface area contributed by atoms with E-state index in [-0.39, 0.29) is 49.1 Å². The normalized spacial score (nSPS) is 21.9. The lowest BCUT2D eigenvalue weighted by atomic mass is 10.1. The topological polar surface area (TPSA) is 125 Å². The van der Waals surface area contributed by atoms with Crippen LogP contribution in [0.15, 0.2) is 5.10 Å². The van der Waals surface area contributed by atoms with E-state index in [0.29, 0.717) is 6.42 Å². The maximum Gasteiger partial charge on any atom is 0.410 e. The summed E-state index contributed by atoms with van der Waals surface area (Å²) in [6, 6.07) is -0.515. The summed E-state index contributed by atoms with van der Waals surface area (Å²) in [4.78, 5) is 37.7. The Morgan fingerprint density at radius 2 is 2.00 bits per heavy atom. The molecule has 1 N–H and O–H groups in total. The molecule has 158 valence electrons. The largest absolute Gasteiger partial charge is 0.444 e. The molecule has 0 aromatic carbocycles. The molecule has 1 fully saturated rings. The third-order valence-electron chi connectivity index (χ3n) is 4.31. The summed E-state index contributed by atoms with van der Waals surface area (Å²) in [6.45, 7) is 5.75. The summed E-state index contributed by atoms with van der Waals surface area (Å²) in [5.41, 5.74) is -0.418. The first-order valence-corrected chi connectivity index (χ1v) is 11.0. The molecule has 2 aliphatic heterocycles. The van der Waals surface area contributed by atoms with Gasteiger partial charge in [0.1, 0.15) is 11.3 Å². The molecule has 2 heterocycles. The highest BCUT2D eigenvalue weighted by atomic mass is 32.2. The molecule has 0 aromatic heterocycles. The number of rotatable bonds is 5. The van der Waals surface area contributed by atoms with Crippen molar-refractivity contribution >= 4 is 33.5 Å². The lowest BCUT2D eigenvalue weighted by Crippen LogP contribution is -2.45. The second-order valence-corrected chi connectivity index (χ2v) is 10.2. The summed E-state index contributed by atoms with van der Waals surface area (Å²) in [6.07, 6.45) is 0.145. The fraction of sp³-hybridized carbons (Fsp3) is 0.765. The van der Waals surface area contributed by atoms with Gasteiger partial charge in [-0.05, 0) is 27.2 Å². The van der Waals surface area contributed by atoms with Crippen LogP contribution in [-0.4, -0.2) is 85.2 Å². The first-order valence-electron chi connectivity index (χ1n) is 9.20. The first kappa shape index (κ1) is 22.1. The van der Waals surface area contributed by atoms with Crippen LogP contribution in [0.25, 0.3) is 0 Å². The molecule has 10 nitrogen and oxygen atoms in total. The molecule has 1 unspecified atom stereocenters. The van der Waals surface area contributed by atoms with Gasteiger partial charge in [-0.25, -0.2) is 18.2 Å². The molecule has 0 aliphatic carbocycles. The smallest absolute Gasteiger partial charge is 0.410 e. The van der Waals surface area contributed by atoms with E-state index in [9.17, 15) is 22.8 Å². The highest BCUT2D eigenvalue weighted by molar-refractivity contribution is 7.91. The fourth-order valence-electron chi connectivity index (χ4n) is 2.86. The zero-order chi connectivity index (χ0) is 21.1. The number of hydrogen-bond donors (Lipinski definition) is 1. The van der Waals surface area contributed by atoms with Crippen molar-refractivity contribution in [2.45, 2.75) is 51.7 Å². The van der Waals surface area contributed by atoms with Gasteiger partial charge in [-0.1, -0.05) is 0 Å². The summed E-state index contributed by atoms with van der Waals surface area (Å²) in [5, 5.41) is 7.93. The maximum absolute atomic E-state index is 12.3. The quantitative estimate of drug-likeness (QED) is 0.679. The lowest BCUT2D eigenvalue weighted by molar-refractivity contribution is -0.133. The predicted molar refractivity (Wildman–Crippen MR) is 102 cm³/mol. The van der Waals surface area contributed by atoms with Crippen LogP contribution < -0.4 is 5.32 Å². The number of hydrazone groups is 1. The van der Waals surface area contributed by atoms with Crippen molar-refractivity contribution in [3.63, 3.8) is 0 Å². The Morgan fingerprint density at radius 1 is 1.32 bits per heavy atom. The van der Waals surface area contributed by atoms with Crippen molar-refractivity contribution in [1.82, 2.24) is 15.2 Å².